The van der Waals surface area contributed by atoms with Crippen molar-refractivity contribution in [3.63, 3.8) is 0 Å². The first-order chi connectivity index (χ1) is 10.9. The molecule has 2 aromatic rings. The Bertz CT molecular complexity index is 642. The number of aliphatic hydroxyl groups excluding tert-OH is 1. The van der Waals surface area contributed by atoms with E-state index in [1.807, 2.05) is 0 Å². The van der Waals surface area contributed by atoms with Crippen molar-refractivity contribution in [2.75, 3.05) is 6.54 Å². The van der Waals surface area contributed by atoms with Crippen molar-refractivity contribution < 1.29 is 23.1 Å². The van der Waals surface area contributed by atoms with Crippen LogP contribution in [0.5, 0.6) is 0 Å². The molecule has 1 amide bonds. The van der Waals surface area contributed by atoms with Crippen LogP contribution in [0.25, 0.3) is 0 Å². The molecule has 23 heavy (non-hydrogen) atoms. The Balaban J connectivity index is 1.84. The number of alkyl halides is 3. The molecule has 1 aromatic carbocycles. The summed E-state index contributed by atoms with van der Waals surface area (Å²) >= 11 is 0. The molecule has 1 atom stereocenters. The minimum atomic E-state index is -4.47. The van der Waals surface area contributed by atoms with Crippen LogP contribution in [0.1, 0.15) is 23.7 Å². The zero-order chi connectivity index (χ0) is 16.9. The molecule has 2 rings (SSSR count). The Morgan fingerprint density at radius 2 is 2.13 bits per heavy atom. The molecule has 1 aromatic heterocycles. The number of carbonyl (C=O) groups is 1. The monoisotopic (exact) mass is 327 g/mol. The first kappa shape index (κ1) is 17.0. The van der Waals surface area contributed by atoms with Gasteiger partial charge < -0.3 is 10.4 Å². The second-order valence-electron chi connectivity index (χ2n) is 4.96. The van der Waals surface area contributed by atoms with Gasteiger partial charge in [-0.25, -0.2) is 0 Å². The summed E-state index contributed by atoms with van der Waals surface area (Å²) in [5.74, 6) is -0.313. The number of benzene rings is 1. The fraction of sp³-hybridized carbons (Fsp3) is 0.333. The quantitative estimate of drug-likeness (QED) is 0.854. The summed E-state index contributed by atoms with van der Waals surface area (Å²) in [4.78, 5) is 11.7. The van der Waals surface area contributed by atoms with Crippen molar-refractivity contribution in [3.05, 3.63) is 53.9 Å². The van der Waals surface area contributed by atoms with E-state index in [4.69, 9.17) is 0 Å². The second kappa shape index (κ2) is 7.28. The van der Waals surface area contributed by atoms with Gasteiger partial charge in [-0.15, -0.1) is 0 Å². The third-order valence-corrected chi connectivity index (χ3v) is 3.22. The van der Waals surface area contributed by atoms with Crippen LogP contribution in [0.2, 0.25) is 0 Å². The number of aliphatic hydroxyl groups is 1. The maximum Gasteiger partial charge on any atom is 0.416 e. The third kappa shape index (κ3) is 5.10. The lowest BCUT2D eigenvalue weighted by Crippen LogP contribution is -2.29. The number of halogens is 3. The molecule has 0 bridgehead atoms. The fourth-order valence-corrected chi connectivity index (χ4v) is 1.99. The summed E-state index contributed by atoms with van der Waals surface area (Å²) < 4.78 is 39.4. The summed E-state index contributed by atoms with van der Waals surface area (Å²) in [6.45, 7) is 0.234. The molecule has 0 radical (unpaired) electrons. The summed E-state index contributed by atoms with van der Waals surface area (Å²) in [7, 11) is 0. The van der Waals surface area contributed by atoms with E-state index in [1.54, 1.807) is 23.1 Å². The van der Waals surface area contributed by atoms with Crippen LogP contribution in [0, 0.1) is 0 Å². The lowest BCUT2D eigenvalue weighted by molar-refractivity contribution is -0.137. The van der Waals surface area contributed by atoms with Crippen molar-refractivity contribution in [1.29, 1.82) is 0 Å². The minimum absolute atomic E-state index is 0.104. The number of hydrogen-bond donors (Lipinski definition) is 2. The molecular weight excluding hydrogens is 311 g/mol. The minimum Gasteiger partial charge on any atom is -0.387 e. The Hall–Kier alpha value is -2.35. The van der Waals surface area contributed by atoms with E-state index in [-0.39, 0.29) is 24.4 Å². The zero-order valence-electron chi connectivity index (χ0n) is 12.1. The maximum atomic E-state index is 12.6. The number of aryl methyl sites for hydroxylation is 1. The molecule has 0 aliphatic rings. The number of carbonyl (C=O) groups excluding carboxylic acids is 1. The largest absolute Gasteiger partial charge is 0.416 e. The van der Waals surface area contributed by atoms with Gasteiger partial charge in [0.25, 0.3) is 0 Å². The summed E-state index contributed by atoms with van der Waals surface area (Å²) in [6.07, 6.45) is -2.20. The van der Waals surface area contributed by atoms with Crippen LogP contribution >= 0.6 is 0 Å². The van der Waals surface area contributed by atoms with Gasteiger partial charge in [0.05, 0.1) is 11.7 Å². The molecule has 0 aliphatic carbocycles. The van der Waals surface area contributed by atoms with Crippen molar-refractivity contribution in [3.8, 4) is 0 Å². The van der Waals surface area contributed by atoms with Crippen molar-refractivity contribution in [2.24, 2.45) is 0 Å². The highest BCUT2D eigenvalue weighted by Gasteiger charge is 2.30. The highest BCUT2D eigenvalue weighted by atomic mass is 19.4. The molecule has 0 saturated carbocycles. The van der Waals surface area contributed by atoms with Gasteiger partial charge in [0.2, 0.25) is 5.91 Å². The number of nitrogens with zero attached hydrogens (tertiary/aromatic N) is 2. The highest BCUT2D eigenvalue weighted by molar-refractivity contribution is 5.75. The molecule has 124 valence electrons. The number of rotatable bonds is 6. The van der Waals surface area contributed by atoms with E-state index in [9.17, 15) is 23.1 Å². The maximum absolute atomic E-state index is 12.6. The first-order valence-electron chi connectivity index (χ1n) is 6.95. The number of nitrogens with one attached hydrogen (secondary N) is 1. The van der Waals surface area contributed by atoms with Crippen molar-refractivity contribution in [1.82, 2.24) is 15.1 Å². The molecule has 1 unspecified atom stereocenters. The predicted octanol–water partition coefficient (Wildman–Crippen LogP) is 2.14. The second-order valence-corrected chi connectivity index (χ2v) is 4.96. The van der Waals surface area contributed by atoms with Crippen molar-refractivity contribution >= 4 is 5.91 Å². The van der Waals surface area contributed by atoms with E-state index in [1.165, 1.54) is 12.1 Å². The molecule has 0 fully saturated rings. The number of hydrogen-bond acceptors (Lipinski definition) is 3. The Kier molecular flexibility index (Phi) is 5.38. The van der Waals surface area contributed by atoms with Gasteiger partial charge in [0.1, 0.15) is 0 Å². The molecule has 8 heteroatoms. The smallest absolute Gasteiger partial charge is 0.387 e. The summed E-state index contributed by atoms with van der Waals surface area (Å²) in [5.41, 5.74) is -0.730. The SMILES string of the molecule is O=C(CCn1cccn1)NCC(O)c1cccc(C(F)(F)F)c1. The topological polar surface area (TPSA) is 67.2 Å². The number of amides is 1. The van der Waals surface area contributed by atoms with Gasteiger partial charge in [-0.2, -0.15) is 18.3 Å². The Labute approximate surface area is 130 Å². The van der Waals surface area contributed by atoms with Crippen LogP contribution in [-0.2, 0) is 17.5 Å². The summed E-state index contributed by atoms with van der Waals surface area (Å²) in [6, 6.07) is 6.14. The van der Waals surface area contributed by atoms with E-state index >= 15 is 0 Å². The van der Waals surface area contributed by atoms with Gasteiger partial charge in [-0.3, -0.25) is 9.48 Å². The van der Waals surface area contributed by atoms with Crippen LogP contribution in [-0.4, -0.2) is 27.3 Å². The van der Waals surface area contributed by atoms with Gasteiger partial charge in [0, 0.05) is 31.9 Å². The standard InChI is InChI=1S/C15H16F3N3O2/c16-15(17,18)12-4-1-3-11(9-12)13(22)10-19-14(23)5-8-21-7-2-6-20-21/h1-4,6-7,9,13,22H,5,8,10H2,(H,19,23). The van der Waals surface area contributed by atoms with Gasteiger partial charge >= 0.3 is 6.18 Å². The van der Waals surface area contributed by atoms with E-state index in [0.717, 1.165) is 12.1 Å². The zero-order valence-corrected chi connectivity index (χ0v) is 12.1. The van der Waals surface area contributed by atoms with Crippen LogP contribution in [0.15, 0.2) is 42.7 Å². The van der Waals surface area contributed by atoms with Crippen molar-refractivity contribution in [2.45, 2.75) is 25.2 Å². The summed E-state index contributed by atoms with van der Waals surface area (Å²) in [5, 5.41) is 16.3. The lowest BCUT2D eigenvalue weighted by Gasteiger charge is -2.14. The average molecular weight is 327 g/mol. The van der Waals surface area contributed by atoms with Crippen LogP contribution in [0.3, 0.4) is 0 Å². The Morgan fingerprint density at radius 3 is 2.78 bits per heavy atom. The lowest BCUT2D eigenvalue weighted by atomic mass is 10.1. The molecule has 5 nitrogen and oxygen atoms in total. The van der Waals surface area contributed by atoms with Crippen LogP contribution < -0.4 is 5.32 Å². The van der Waals surface area contributed by atoms with Gasteiger partial charge in [-0.1, -0.05) is 12.1 Å². The molecule has 1 heterocycles. The molecule has 2 N–H and O–H groups in total. The molecular formula is C15H16F3N3O2. The molecule has 0 saturated heterocycles. The van der Waals surface area contributed by atoms with Gasteiger partial charge in [0.15, 0.2) is 0 Å². The molecule has 0 aliphatic heterocycles. The van der Waals surface area contributed by atoms with Crippen LogP contribution in [0.4, 0.5) is 13.2 Å². The Morgan fingerprint density at radius 1 is 1.35 bits per heavy atom. The highest BCUT2D eigenvalue weighted by Crippen LogP contribution is 2.30. The van der Waals surface area contributed by atoms with E-state index in [0.29, 0.717) is 6.54 Å². The predicted molar refractivity (Wildman–Crippen MR) is 76.3 cm³/mol. The third-order valence-electron chi connectivity index (χ3n) is 3.22. The number of aromatic nitrogens is 2. The first-order valence-corrected chi connectivity index (χ1v) is 6.95. The van der Waals surface area contributed by atoms with E-state index < -0.39 is 17.8 Å². The fourth-order valence-electron chi connectivity index (χ4n) is 1.99. The average Bonchev–Trinajstić information content (AvgIpc) is 3.03. The normalized spacial score (nSPS) is 12.9. The van der Waals surface area contributed by atoms with E-state index in [2.05, 4.69) is 10.4 Å². The molecule has 0 spiro atoms. The van der Waals surface area contributed by atoms with Gasteiger partial charge in [-0.05, 0) is 23.8 Å².